The molecule has 0 radical (unpaired) electrons. The lowest BCUT2D eigenvalue weighted by Crippen LogP contribution is -2.48. The SMILES string of the molecule is CC(C)C(C)(C(C)C)C(F)(F)F.CCC(C)(CC)[C@](C)(CC)C(F)(F)F.CCC(CC)[C@](C)(CC)C(F)(F)F.CCCC(C)(CCC)C(F)(F)F.CCC[C@@](C)(C(C(C)C)C(C)C)C(F)(F)F.CCC[C@@](C)(C(CC)CC)C(F)(F)F.CCC[C@](C)(C(F)(F)F)C(C)(CC)CC.CCC[C@](C)(CC)C(F)(F)F.CC[C@@](C)(C(C(C)C)C(C)C)C(F)(F)F. The van der Waals surface area contributed by atoms with Gasteiger partial charge in [0.25, 0.3) is 0 Å². The van der Waals surface area contributed by atoms with Crippen molar-refractivity contribution in [2.75, 3.05) is 0 Å². The summed E-state index contributed by atoms with van der Waals surface area (Å²) in [5, 5.41) is 0. The van der Waals surface area contributed by atoms with E-state index in [-0.39, 0.29) is 123 Å². The van der Waals surface area contributed by atoms with E-state index in [1.165, 1.54) is 62.3 Å². The third kappa shape index (κ3) is 38.5. The molecule has 0 aromatic carbocycles. The second kappa shape index (κ2) is 56.1. The van der Waals surface area contributed by atoms with Crippen molar-refractivity contribution < 1.29 is 119 Å². The standard InChI is InChI=1S/C13H25F3.2C12H23F3.2C11H21F3.C10H19F3.2C9H17F3.C8H15F3/c1-7-8-12(6,13(14,15)16)11(9(2)3)10(4)5;1-7-11(6,12(13,14)15)10(8(2)3)9(4)5;1-6-9-11(5,12(13,14)15)10(4,7-2)8-3;1-6-9(4,7-2)10(5,8-3)11(12,13)14;1-5-8-10(4,11(12,13)14)9(6-2)7-3;1-5-8(6-2)9(4,7-3)10(11,12)13;1-6(2)8(5,7(3)4)9(10,11)12;1-4-6-8(3,7-5-2)9(10,11)12;1-4-6-7(3,5-2)8(9,10)11/h9-11H,7-8H2,1-6H3;8-10H,7H2,1-6H3;6-9H2,1-5H3;6-8H2,1-5H3;9H,5-8H2,1-4H3;8H,5-7H2,1-4H3;6-7H,1-5H3;4-7H2,1-3H3;4-6H2,1-3H3/t12-;2*11-;2*10-;9-;;;7-/m000000..0/s1. The molecule has 750 valence electrons. The van der Waals surface area contributed by atoms with Gasteiger partial charge in [-0.2, -0.15) is 119 Å². The molecule has 0 amide bonds. The molecule has 0 fully saturated rings. The highest BCUT2D eigenvalue weighted by molar-refractivity contribution is 4.99. The number of alkyl halides is 27. The Labute approximate surface area is 728 Å². The molecule has 0 saturated carbocycles. The lowest BCUT2D eigenvalue weighted by Gasteiger charge is -2.47. The van der Waals surface area contributed by atoms with E-state index in [1.807, 2.05) is 132 Å². The minimum absolute atomic E-state index is 0.0524. The van der Waals surface area contributed by atoms with E-state index in [9.17, 15) is 119 Å². The minimum atomic E-state index is -4.11. The molecule has 0 aliphatic carbocycles. The van der Waals surface area contributed by atoms with Gasteiger partial charge in [0.1, 0.15) is 0 Å². The predicted molar refractivity (Wildman–Crippen MR) is 460 cm³/mol. The highest BCUT2D eigenvalue weighted by Crippen LogP contribution is 2.60. The van der Waals surface area contributed by atoms with Gasteiger partial charge in [0.2, 0.25) is 0 Å². The highest BCUT2D eigenvalue weighted by Gasteiger charge is 2.63. The largest absolute Gasteiger partial charge is 0.394 e. The van der Waals surface area contributed by atoms with Crippen LogP contribution in [0, 0.1) is 119 Å². The Balaban J connectivity index is -0.000000169. The Morgan fingerprint density at radius 2 is 0.393 bits per heavy atom. The van der Waals surface area contributed by atoms with Gasteiger partial charge in [0.15, 0.2) is 0 Å². The van der Waals surface area contributed by atoms with Gasteiger partial charge in [-0.3, -0.25) is 0 Å². The quantitative estimate of drug-likeness (QED) is 0.0549. The van der Waals surface area contributed by atoms with Crippen molar-refractivity contribution in [3.8, 4) is 0 Å². The predicted octanol–water partition coefficient (Wildman–Crippen LogP) is 41.1. The lowest BCUT2D eigenvalue weighted by molar-refractivity contribution is -0.261. The van der Waals surface area contributed by atoms with Crippen molar-refractivity contribution >= 4 is 0 Å². The average Bonchev–Trinajstić information content (AvgIpc) is 0.767. The first kappa shape index (κ1) is 138. The number of hydrogen-bond acceptors (Lipinski definition) is 0. The Morgan fingerprint density at radius 3 is 0.516 bits per heavy atom. The summed E-state index contributed by atoms with van der Waals surface area (Å²) in [6, 6.07) is 0. The van der Waals surface area contributed by atoms with Crippen LogP contribution in [0.25, 0.3) is 0 Å². The third-order valence-electron chi connectivity index (χ3n) is 29.8. The van der Waals surface area contributed by atoms with Gasteiger partial charge in [-0.15, -0.1) is 0 Å². The molecule has 0 saturated heterocycles. The van der Waals surface area contributed by atoms with Gasteiger partial charge >= 0.3 is 55.6 Å². The van der Waals surface area contributed by atoms with E-state index >= 15 is 0 Å². The zero-order valence-electron chi connectivity index (χ0n) is 83.9. The van der Waals surface area contributed by atoms with Crippen molar-refractivity contribution in [2.24, 2.45) is 119 Å². The summed E-state index contributed by atoms with van der Waals surface area (Å²) in [4.78, 5) is 0. The molecule has 0 nitrogen and oxygen atoms in total. The molecular formula is C95H181F27. The number of hydrogen-bond donors (Lipinski definition) is 0. The van der Waals surface area contributed by atoms with Crippen LogP contribution in [0.15, 0.2) is 0 Å². The van der Waals surface area contributed by atoms with Crippen molar-refractivity contribution in [2.45, 2.75) is 494 Å². The second-order valence-electron chi connectivity index (χ2n) is 39.0. The molecule has 0 aliphatic heterocycles. The van der Waals surface area contributed by atoms with Crippen molar-refractivity contribution in [3.63, 3.8) is 0 Å². The molecule has 0 aliphatic rings. The topological polar surface area (TPSA) is 0 Å². The molecule has 0 aromatic heterocycles. The summed E-state index contributed by atoms with van der Waals surface area (Å²) in [5.74, 6) is -1.67. The van der Waals surface area contributed by atoms with Crippen molar-refractivity contribution in [3.05, 3.63) is 0 Å². The van der Waals surface area contributed by atoms with Crippen LogP contribution in [-0.4, -0.2) is 55.6 Å². The molecule has 7 atom stereocenters. The minimum Gasteiger partial charge on any atom is -0.171 e. The fraction of sp³-hybridized carbons (Fsp3) is 1.00. The van der Waals surface area contributed by atoms with E-state index in [1.54, 1.807) is 90.0 Å². The lowest BCUT2D eigenvalue weighted by atomic mass is 9.60. The Bertz CT molecular complexity index is 2530. The first-order valence-corrected chi connectivity index (χ1v) is 45.7. The van der Waals surface area contributed by atoms with E-state index in [2.05, 4.69) is 0 Å². The van der Waals surface area contributed by atoms with E-state index in [0.717, 1.165) is 0 Å². The second-order valence-corrected chi connectivity index (χ2v) is 39.0. The van der Waals surface area contributed by atoms with Crippen LogP contribution in [0.5, 0.6) is 0 Å². The Kier molecular flexibility index (Phi) is 63.5. The van der Waals surface area contributed by atoms with Gasteiger partial charge in [-0.05, 0) is 160 Å². The summed E-state index contributed by atoms with van der Waals surface area (Å²) in [6.45, 7) is 69.1. The van der Waals surface area contributed by atoms with Gasteiger partial charge in [-0.1, -0.05) is 348 Å². The smallest absolute Gasteiger partial charge is 0.171 e. The van der Waals surface area contributed by atoms with Gasteiger partial charge in [-0.25, -0.2) is 0 Å². The van der Waals surface area contributed by atoms with Crippen molar-refractivity contribution in [1.29, 1.82) is 0 Å². The van der Waals surface area contributed by atoms with E-state index < -0.39 is 115 Å². The molecular weight excluding hydrogens is 1650 g/mol. The highest BCUT2D eigenvalue weighted by atomic mass is 19.4. The summed E-state index contributed by atoms with van der Waals surface area (Å²) in [5.41, 5.74) is -15.0. The monoisotopic (exact) mass is 1840 g/mol. The van der Waals surface area contributed by atoms with Crippen molar-refractivity contribution in [1.82, 2.24) is 0 Å². The molecule has 0 N–H and O–H groups in total. The molecule has 0 heterocycles. The first-order chi connectivity index (χ1) is 54.1. The van der Waals surface area contributed by atoms with Crippen LogP contribution in [0.2, 0.25) is 0 Å². The van der Waals surface area contributed by atoms with Gasteiger partial charge in [0, 0.05) is 0 Å². The normalized spacial score (nSPS) is 16.9. The van der Waals surface area contributed by atoms with Crippen LogP contribution in [0.4, 0.5) is 119 Å². The van der Waals surface area contributed by atoms with Crippen LogP contribution < -0.4 is 0 Å². The van der Waals surface area contributed by atoms with E-state index in [4.69, 9.17) is 0 Å². The van der Waals surface area contributed by atoms with Gasteiger partial charge < -0.3 is 0 Å². The summed E-state index contributed by atoms with van der Waals surface area (Å²) < 4.78 is 346. The Hall–Kier alpha value is -1.89. The molecule has 0 aromatic rings. The summed E-state index contributed by atoms with van der Waals surface area (Å²) in [7, 11) is 0. The van der Waals surface area contributed by atoms with Crippen LogP contribution in [-0.2, 0) is 0 Å². The molecule has 122 heavy (non-hydrogen) atoms. The average molecular weight is 1840 g/mol. The van der Waals surface area contributed by atoms with Crippen LogP contribution in [0.3, 0.4) is 0 Å². The maximum atomic E-state index is 13.3. The molecule has 27 heteroatoms. The fourth-order valence-electron chi connectivity index (χ4n) is 18.5. The molecule has 0 bridgehead atoms. The molecule has 0 spiro atoms. The maximum absolute atomic E-state index is 13.3. The van der Waals surface area contributed by atoms with Gasteiger partial charge in [0.05, 0.1) is 48.7 Å². The fourth-order valence-corrected chi connectivity index (χ4v) is 18.5. The van der Waals surface area contributed by atoms with Crippen LogP contribution >= 0.6 is 0 Å². The van der Waals surface area contributed by atoms with Crippen LogP contribution in [0.1, 0.15) is 438 Å². The zero-order valence-corrected chi connectivity index (χ0v) is 83.9. The number of halogens is 27. The summed E-state index contributed by atoms with van der Waals surface area (Å²) in [6.07, 6.45) is -26.6. The van der Waals surface area contributed by atoms with E-state index in [0.29, 0.717) is 89.9 Å². The number of rotatable bonds is 36. The molecule has 0 rings (SSSR count). The summed E-state index contributed by atoms with van der Waals surface area (Å²) >= 11 is 0. The molecule has 0 unspecified atom stereocenters. The third-order valence-corrected chi connectivity index (χ3v) is 29.8. The zero-order chi connectivity index (χ0) is 101. The maximum Gasteiger partial charge on any atom is 0.394 e. The first-order valence-electron chi connectivity index (χ1n) is 45.7. The Morgan fingerprint density at radius 1 is 0.180 bits per heavy atom.